The van der Waals surface area contributed by atoms with E-state index in [1.165, 1.54) is 18.2 Å². The van der Waals surface area contributed by atoms with E-state index in [2.05, 4.69) is 24.1 Å². The maximum absolute atomic E-state index is 12.0. The summed E-state index contributed by atoms with van der Waals surface area (Å²) < 4.78 is 0. The van der Waals surface area contributed by atoms with Crippen molar-refractivity contribution in [3.05, 3.63) is 33.9 Å². The van der Waals surface area contributed by atoms with Crippen LogP contribution in [0.15, 0.2) is 18.2 Å². The Kier molecular flexibility index (Phi) is 6.61. The molecule has 0 atom stereocenters. The molecule has 1 aromatic rings. The van der Waals surface area contributed by atoms with Crippen LogP contribution in [-0.4, -0.2) is 41.9 Å². The normalized spacial score (nSPS) is 10.6. The van der Waals surface area contributed by atoms with E-state index < -0.39 is 10.8 Å². The van der Waals surface area contributed by atoms with Gasteiger partial charge in [0.25, 0.3) is 5.91 Å². The molecule has 7 nitrogen and oxygen atoms in total. The number of anilines is 1. The maximum Gasteiger partial charge on any atom is 0.304 e. The second-order valence-electron chi connectivity index (χ2n) is 4.64. The smallest absolute Gasteiger partial charge is 0.304 e. The third kappa shape index (κ3) is 4.71. The van der Waals surface area contributed by atoms with Gasteiger partial charge in [0.2, 0.25) is 0 Å². The van der Waals surface area contributed by atoms with E-state index in [-0.39, 0.29) is 16.9 Å². The highest BCUT2D eigenvalue weighted by Gasteiger charge is 2.22. The molecular formula is C14H22N4O3. The topological polar surface area (TPSA) is 102 Å². The average molecular weight is 294 g/mol. The van der Waals surface area contributed by atoms with E-state index in [1.807, 2.05) is 0 Å². The summed E-state index contributed by atoms with van der Waals surface area (Å²) in [5.74, 6) is -0.464. The minimum absolute atomic E-state index is 0.00263. The molecule has 3 N–H and O–H groups in total. The van der Waals surface area contributed by atoms with E-state index in [4.69, 9.17) is 5.73 Å². The first kappa shape index (κ1) is 16.9. The molecule has 21 heavy (non-hydrogen) atoms. The monoisotopic (exact) mass is 294 g/mol. The van der Waals surface area contributed by atoms with Crippen LogP contribution in [0.4, 0.5) is 11.4 Å². The SMILES string of the molecule is CCN(CC)CCCNC(=O)c1cccc(N)c1[N+](=O)[O-]. The van der Waals surface area contributed by atoms with Gasteiger partial charge in [-0.15, -0.1) is 0 Å². The number of nitro groups is 1. The van der Waals surface area contributed by atoms with Gasteiger partial charge in [0.15, 0.2) is 0 Å². The Labute approximate surface area is 124 Å². The number of nitrogen functional groups attached to an aromatic ring is 1. The van der Waals surface area contributed by atoms with E-state index in [0.29, 0.717) is 6.54 Å². The van der Waals surface area contributed by atoms with E-state index >= 15 is 0 Å². The molecule has 0 heterocycles. The van der Waals surface area contributed by atoms with Crippen LogP contribution in [0.5, 0.6) is 0 Å². The van der Waals surface area contributed by atoms with Crippen LogP contribution in [0.25, 0.3) is 0 Å². The average Bonchev–Trinajstić information content (AvgIpc) is 2.46. The minimum Gasteiger partial charge on any atom is -0.393 e. The molecule has 0 aliphatic heterocycles. The van der Waals surface area contributed by atoms with Crippen LogP contribution in [0.1, 0.15) is 30.6 Å². The summed E-state index contributed by atoms with van der Waals surface area (Å²) in [5, 5.41) is 13.7. The summed E-state index contributed by atoms with van der Waals surface area (Å²) in [6.45, 7) is 7.44. The Morgan fingerprint density at radius 1 is 1.38 bits per heavy atom. The van der Waals surface area contributed by atoms with Gasteiger partial charge >= 0.3 is 5.69 Å². The predicted octanol–water partition coefficient (Wildman–Crippen LogP) is 1.64. The molecule has 116 valence electrons. The Morgan fingerprint density at radius 3 is 2.62 bits per heavy atom. The predicted molar refractivity (Wildman–Crippen MR) is 82.2 cm³/mol. The molecule has 0 saturated carbocycles. The Hall–Kier alpha value is -2.15. The van der Waals surface area contributed by atoms with E-state index in [1.54, 1.807) is 0 Å². The molecule has 0 saturated heterocycles. The fraction of sp³-hybridized carbons (Fsp3) is 0.500. The minimum atomic E-state index is -0.625. The van der Waals surface area contributed by atoms with Crippen LogP contribution < -0.4 is 11.1 Å². The summed E-state index contributed by atoms with van der Waals surface area (Å²) in [7, 11) is 0. The number of rotatable bonds is 8. The zero-order valence-corrected chi connectivity index (χ0v) is 12.5. The number of nitrogens with zero attached hydrogens (tertiary/aromatic N) is 2. The zero-order valence-electron chi connectivity index (χ0n) is 12.5. The molecule has 0 aliphatic carbocycles. The lowest BCUT2D eigenvalue weighted by molar-refractivity contribution is -0.384. The number of nitrogens with two attached hydrogens (primary N) is 1. The molecular weight excluding hydrogens is 272 g/mol. The number of para-hydroxylation sites is 1. The Morgan fingerprint density at radius 2 is 2.05 bits per heavy atom. The molecule has 1 aromatic carbocycles. The van der Waals surface area contributed by atoms with Gasteiger partial charge in [-0.05, 0) is 38.2 Å². The quantitative estimate of drug-likeness (QED) is 0.328. The highest BCUT2D eigenvalue weighted by molar-refractivity contribution is 6.00. The van der Waals surface area contributed by atoms with Gasteiger partial charge in [0, 0.05) is 6.54 Å². The van der Waals surface area contributed by atoms with Gasteiger partial charge in [-0.25, -0.2) is 0 Å². The first-order chi connectivity index (χ1) is 10.0. The van der Waals surface area contributed by atoms with Gasteiger partial charge < -0.3 is 16.0 Å². The molecule has 0 spiro atoms. The van der Waals surface area contributed by atoms with Crippen LogP contribution in [-0.2, 0) is 0 Å². The maximum atomic E-state index is 12.0. The van der Waals surface area contributed by atoms with Crippen molar-refractivity contribution in [2.75, 3.05) is 31.9 Å². The standard InChI is InChI=1S/C14H22N4O3/c1-3-17(4-2)10-6-9-16-14(19)11-7-5-8-12(15)13(11)18(20)21/h5,7-8H,3-4,6,9-10,15H2,1-2H3,(H,16,19). The largest absolute Gasteiger partial charge is 0.393 e. The number of benzene rings is 1. The van der Waals surface area contributed by atoms with E-state index in [9.17, 15) is 14.9 Å². The van der Waals surface area contributed by atoms with Crippen LogP contribution in [0.3, 0.4) is 0 Å². The first-order valence-corrected chi connectivity index (χ1v) is 7.04. The molecule has 0 unspecified atom stereocenters. The highest BCUT2D eigenvalue weighted by atomic mass is 16.6. The summed E-state index contributed by atoms with van der Waals surface area (Å²) >= 11 is 0. The van der Waals surface area contributed by atoms with Crippen molar-refractivity contribution >= 4 is 17.3 Å². The number of nitro benzene ring substituents is 1. The third-order valence-corrected chi connectivity index (χ3v) is 3.33. The first-order valence-electron chi connectivity index (χ1n) is 7.04. The second-order valence-corrected chi connectivity index (χ2v) is 4.64. The molecule has 7 heteroatoms. The third-order valence-electron chi connectivity index (χ3n) is 3.33. The van der Waals surface area contributed by atoms with Gasteiger partial charge in [-0.1, -0.05) is 19.9 Å². The van der Waals surface area contributed by atoms with Crippen molar-refractivity contribution in [3.8, 4) is 0 Å². The number of hydrogen-bond acceptors (Lipinski definition) is 5. The lowest BCUT2D eigenvalue weighted by Crippen LogP contribution is -2.30. The van der Waals surface area contributed by atoms with Gasteiger partial charge in [0.05, 0.1) is 4.92 Å². The summed E-state index contributed by atoms with van der Waals surface area (Å²) in [6, 6.07) is 4.36. The van der Waals surface area contributed by atoms with Crippen molar-refractivity contribution in [1.82, 2.24) is 10.2 Å². The second kappa shape index (κ2) is 8.21. The molecule has 0 fully saturated rings. The van der Waals surface area contributed by atoms with Crippen molar-refractivity contribution in [2.24, 2.45) is 0 Å². The fourth-order valence-corrected chi connectivity index (χ4v) is 2.09. The van der Waals surface area contributed by atoms with Gasteiger partial charge in [-0.2, -0.15) is 0 Å². The molecule has 0 radical (unpaired) electrons. The van der Waals surface area contributed by atoms with Crippen LogP contribution >= 0.6 is 0 Å². The molecule has 0 aromatic heterocycles. The highest BCUT2D eigenvalue weighted by Crippen LogP contribution is 2.25. The van der Waals surface area contributed by atoms with Crippen molar-refractivity contribution in [3.63, 3.8) is 0 Å². The van der Waals surface area contributed by atoms with Gasteiger partial charge in [-0.3, -0.25) is 14.9 Å². The molecule has 0 aliphatic rings. The number of hydrogen-bond donors (Lipinski definition) is 2. The van der Waals surface area contributed by atoms with Crippen LogP contribution in [0.2, 0.25) is 0 Å². The van der Waals surface area contributed by atoms with Crippen molar-refractivity contribution in [2.45, 2.75) is 20.3 Å². The summed E-state index contributed by atoms with van der Waals surface area (Å²) in [4.78, 5) is 24.6. The summed E-state index contributed by atoms with van der Waals surface area (Å²) in [5.41, 5.74) is 5.23. The fourth-order valence-electron chi connectivity index (χ4n) is 2.09. The van der Waals surface area contributed by atoms with Gasteiger partial charge in [0.1, 0.15) is 11.3 Å². The lowest BCUT2D eigenvalue weighted by atomic mass is 10.1. The van der Waals surface area contributed by atoms with Crippen molar-refractivity contribution in [1.29, 1.82) is 0 Å². The number of carbonyl (C=O) groups excluding carboxylic acids is 1. The Balaban J connectivity index is 2.61. The van der Waals surface area contributed by atoms with Crippen molar-refractivity contribution < 1.29 is 9.72 Å². The molecule has 0 bridgehead atoms. The number of carbonyl (C=O) groups is 1. The molecule has 1 rings (SSSR count). The molecule has 1 amide bonds. The Bertz CT molecular complexity index is 501. The zero-order chi connectivity index (χ0) is 15.8. The summed E-state index contributed by atoms with van der Waals surface area (Å²) in [6.07, 6.45) is 0.795. The van der Waals surface area contributed by atoms with Crippen LogP contribution in [0, 0.1) is 10.1 Å². The van der Waals surface area contributed by atoms with E-state index in [0.717, 1.165) is 26.1 Å². The number of amides is 1. The number of nitrogens with one attached hydrogen (secondary N) is 1. The lowest BCUT2D eigenvalue weighted by Gasteiger charge is -2.17.